The Bertz CT molecular complexity index is 1070. The van der Waals surface area contributed by atoms with E-state index >= 15 is 0 Å². The fourth-order valence-electron chi connectivity index (χ4n) is 2.54. The van der Waals surface area contributed by atoms with Gasteiger partial charge in [0.15, 0.2) is 0 Å². The van der Waals surface area contributed by atoms with Gasteiger partial charge in [0.2, 0.25) is 0 Å². The van der Waals surface area contributed by atoms with E-state index in [0.717, 1.165) is 18.2 Å². The van der Waals surface area contributed by atoms with Crippen molar-refractivity contribution < 1.29 is 27.9 Å². The number of benzene rings is 1. The van der Waals surface area contributed by atoms with E-state index in [-0.39, 0.29) is 17.3 Å². The summed E-state index contributed by atoms with van der Waals surface area (Å²) in [6, 6.07) is 5.65. The van der Waals surface area contributed by atoms with Crippen LogP contribution in [0.4, 0.5) is 18.9 Å². The van der Waals surface area contributed by atoms with E-state index in [1.807, 2.05) is 13.8 Å². The topological polar surface area (TPSA) is 97.1 Å². The van der Waals surface area contributed by atoms with Crippen LogP contribution in [0, 0.1) is 0 Å². The van der Waals surface area contributed by atoms with Crippen LogP contribution in [-0.4, -0.2) is 31.7 Å². The highest BCUT2D eigenvalue weighted by molar-refractivity contribution is 6.08. The molecule has 10 heteroatoms. The number of carbonyl (C=O) groups is 2. The molecule has 0 aliphatic heterocycles. The van der Waals surface area contributed by atoms with E-state index in [2.05, 4.69) is 15.4 Å². The molecule has 0 radical (unpaired) electrons. The lowest BCUT2D eigenvalue weighted by molar-refractivity contribution is -0.141. The zero-order chi connectivity index (χ0) is 20.6. The third-order valence-electron chi connectivity index (χ3n) is 3.94. The summed E-state index contributed by atoms with van der Waals surface area (Å²) in [6.07, 6.45) is -3.02. The number of amides is 1. The number of fused-ring (bicyclic) bond motifs is 1. The van der Waals surface area contributed by atoms with Gasteiger partial charge >= 0.3 is 12.1 Å². The number of carboxylic acid groups (broad SMARTS) is 1. The number of hydrogen-bond acceptors (Lipinski definition) is 4. The van der Waals surface area contributed by atoms with Crippen LogP contribution in [0.2, 0.25) is 0 Å². The van der Waals surface area contributed by atoms with E-state index in [9.17, 15) is 27.9 Å². The van der Waals surface area contributed by atoms with Crippen LogP contribution in [0.15, 0.2) is 36.5 Å². The first-order valence-electron chi connectivity index (χ1n) is 8.18. The Hall–Kier alpha value is -3.43. The number of nitrogens with zero attached hydrogens (tertiary/aromatic N) is 3. The Morgan fingerprint density at radius 1 is 1.21 bits per heavy atom. The third kappa shape index (κ3) is 3.80. The monoisotopic (exact) mass is 392 g/mol. The van der Waals surface area contributed by atoms with E-state index < -0.39 is 29.4 Å². The molecule has 0 atom stereocenters. The Labute approximate surface area is 156 Å². The molecule has 1 aromatic carbocycles. The maximum atomic E-state index is 12.8. The largest absolute Gasteiger partial charge is 0.478 e. The fraction of sp³-hybridized carbons (Fsp3) is 0.222. The summed E-state index contributed by atoms with van der Waals surface area (Å²) < 4.78 is 40.0. The number of pyridine rings is 1. The Balaban J connectivity index is 2.00. The molecule has 28 heavy (non-hydrogen) atoms. The summed E-state index contributed by atoms with van der Waals surface area (Å²) in [7, 11) is 0. The molecule has 0 saturated heterocycles. The summed E-state index contributed by atoms with van der Waals surface area (Å²) in [5.74, 6) is -2.27. The lowest BCUT2D eigenvalue weighted by atomic mass is 10.1. The van der Waals surface area contributed by atoms with Gasteiger partial charge in [-0.3, -0.25) is 9.48 Å². The molecule has 0 saturated carbocycles. The maximum Gasteiger partial charge on any atom is 0.433 e. The zero-order valence-electron chi connectivity index (χ0n) is 14.8. The molecule has 3 rings (SSSR count). The number of alkyl halides is 3. The minimum Gasteiger partial charge on any atom is -0.478 e. The van der Waals surface area contributed by atoms with Gasteiger partial charge in [-0.05, 0) is 38.1 Å². The highest BCUT2D eigenvalue weighted by Crippen LogP contribution is 2.28. The van der Waals surface area contributed by atoms with Crippen molar-refractivity contribution in [2.24, 2.45) is 0 Å². The minimum absolute atomic E-state index is 0.0352. The van der Waals surface area contributed by atoms with Gasteiger partial charge in [0, 0.05) is 17.6 Å². The number of nitrogens with one attached hydrogen (secondary N) is 1. The normalized spacial score (nSPS) is 11.8. The molecule has 2 aromatic heterocycles. The molecule has 146 valence electrons. The summed E-state index contributed by atoms with van der Waals surface area (Å²) in [6.45, 7) is 3.79. The number of anilines is 1. The lowest BCUT2D eigenvalue weighted by Gasteiger charge is -2.10. The molecular weight excluding hydrogens is 377 g/mol. The van der Waals surface area contributed by atoms with Crippen molar-refractivity contribution in [3.05, 3.63) is 53.5 Å². The molecule has 0 aliphatic rings. The number of carbonyl (C=O) groups excluding carboxylic acids is 1. The third-order valence-corrected chi connectivity index (χ3v) is 3.94. The van der Waals surface area contributed by atoms with Gasteiger partial charge in [0.05, 0.1) is 16.8 Å². The molecule has 0 unspecified atom stereocenters. The Morgan fingerprint density at radius 2 is 1.93 bits per heavy atom. The molecule has 0 spiro atoms. The van der Waals surface area contributed by atoms with Crippen LogP contribution < -0.4 is 5.32 Å². The summed E-state index contributed by atoms with van der Waals surface area (Å²) >= 11 is 0. The van der Waals surface area contributed by atoms with E-state index in [1.165, 1.54) is 12.1 Å². The molecular formula is C18H15F3N4O3. The molecule has 2 N–H and O–H groups in total. The van der Waals surface area contributed by atoms with Crippen LogP contribution in [-0.2, 0) is 6.18 Å². The quantitative estimate of drug-likeness (QED) is 0.700. The summed E-state index contributed by atoms with van der Waals surface area (Å²) in [4.78, 5) is 27.2. The van der Waals surface area contributed by atoms with Crippen LogP contribution >= 0.6 is 0 Å². The molecule has 7 nitrogen and oxygen atoms in total. The van der Waals surface area contributed by atoms with Gasteiger partial charge in [0.1, 0.15) is 11.4 Å². The number of rotatable bonds is 4. The van der Waals surface area contributed by atoms with Crippen molar-refractivity contribution in [3.8, 4) is 0 Å². The predicted molar refractivity (Wildman–Crippen MR) is 94.3 cm³/mol. The summed E-state index contributed by atoms with van der Waals surface area (Å²) in [5.41, 5.74) is -1.58. The first-order valence-corrected chi connectivity index (χ1v) is 8.18. The van der Waals surface area contributed by atoms with E-state index in [0.29, 0.717) is 10.9 Å². The van der Waals surface area contributed by atoms with Crippen molar-refractivity contribution in [1.29, 1.82) is 0 Å². The minimum atomic E-state index is -4.70. The smallest absolute Gasteiger partial charge is 0.433 e. The van der Waals surface area contributed by atoms with Gasteiger partial charge < -0.3 is 10.4 Å². The molecule has 0 aliphatic carbocycles. The van der Waals surface area contributed by atoms with Gasteiger partial charge in [-0.25, -0.2) is 9.78 Å². The molecule has 0 bridgehead atoms. The van der Waals surface area contributed by atoms with Gasteiger partial charge in [-0.1, -0.05) is 6.07 Å². The van der Waals surface area contributed by atoms with E-state index in [1.54, 1.807) is 10.9 Å². The Kier molecular flexibility index (Phi) is 4.80. The average Bonchev–Trinajstić information content (AvgIpc) is 3.03. The predicted octanol–water partition coefficient (Wildman–Crippen LogP) is 3.98. The number of halogens is 3. The van der Waals surface area contributed by atoms with Crippen LogP contribution in [0.5, 0.6) is 0 Å². The number of carboxylic acids is 1. The van der Waals surface area contributed by atoms with Crippen molar-refractivity contribution in [2.45, 2.75) is 26.1 Å². The molecule has 2 heterocycles. The van der Waals surface area contributed by atoms with Crippen LogP contribution in [0.3, 0.4) is 0 Å². The van der Waals surface area contributed by atoms with Gasteiger partial charge in [0.25, 0.3) is 5.91 Å². The van der Waals surface area contributed by atoms with Gasteiger partial charge in [-0.2, -0.15) is 18.3 Å². The SMILES string of the molecule is CC(C)n1cc2cc(NC(=O)c3cccc(C(F)(F)F)n3)c(C(=O)O)cc2n1. The fourth-order valence-corrected chi connectivity index (χ4v) is 2.54. The van der Waals surface area contributed by atoms with Crippen molar-refractivity contribution in [3.63, 3.8) is 0 Å². The average molecular weight is 392 g/mol. The zero-order valence-corrected chi connectivity index (χ0v) is 14.8. The van der Waals surface area contributed by atoms with Crippen molar-refractivity contribution in [1.82, 2.24) is 14.8 Å². The first kappa shape index (κ1) is 19.3. The Morgan fingerprint density at radius 3 is 2.54 bits per heavy atom. The number of hydrogen-bond donors (Lipinski definition) is 2. The second kappa shape index (κ2) is 6.95. The molecule has 1 amide bonds. The van der Waals surface area contributed by atoms with Crippen LogP contribution in [0.1, 0.15) is 46.4 Å². The van der Waals surface area contributed by atoms with Gasteiger partial charge in [-0.15, -0.1) is 0 Å². The van der Waals surface area contributed by atoms with Crippen molar-refractivity contribution >= 4 is 28.5 Å². The number of aromatic nitrogens is 3. The second-order valence-electron chi connectivity index (χ2n) is 6.32. The second-order valence-corrected chi connectivity index (χ2v) is 6.32. The van der Waals surface area contributed by atoms with Crippen LogP contribution in [0.25, 0.3) is 10.9 Å². The van der Waals surface area contributed by atoms with Crippen molar-refractivity contribution in [2.75, 3.05) is 5.32 Å². The lowest BCUT2D eigenvalue weighted by Crippen LogP contribution is -2.18. The van der Waals surface area contributed by atoms with E-state index in [4.69, 9.17) is 0 Å². The highest BCUT2D eigenvalue weighted by Gasteiger charge is 2.33. The maximum absolute atomic E-state index is 12.8. The molecule has 0 fully saturated rings. The first-order chi connectivity index (χ1) is 13.1. The standard InChI is InChI=1S/C18H15F3N4O3/c1-9(2)25-8-10-6-14(11(17(27)28)7-13(10)24-25)23-16(26)12-4-3-5-15(22-12)18(19,20)21/h3-9H,1-2H3,(H,23,26)(H,27,28). The summed E-state index contributed by atoms with van der Waals surface area (Å²) in [5, 5.41) is 16.6. The molecule has 3 aromatic rings. The number of aromatic carboxylic acids is 1. The highest BCUT2D eigenvalue weighted by atomic mass is 19.4.